The first kappa shape index (κ1) is 17.9. The van der Waals surface area contributed by atoms with Gasteiger partial charge in [-0.2, -0.15) is 0 Å². The smallest absolute Gasteiger partial charge is 0.256 e. The summed E-state index contributed by atoms with van der Waals surface area (Å²) in [5.74, 6) is 0.435. The summed E-state index contributed by atoms with van der Waals surface area (Å²) in [5, 5.41) is 0.879. The van der Waals surface area contributed by atoms with Crippen molar-refractivity contribution in [3.8, 4) is 5.75 Å². The standard InChI is InChI=1S/C20H25N3O4/c1-12-18(16-7-15(26-4)5-6-17(16)21(12)2)20(25)23-8-13-10-27-11-14(9-23)22(3)19(13)24/h5-7,13-14H,8-11H2,1-4H3/t13-,14+/m1/s1. The highest BCUT2D eigenvalue weighted by molar-refractivity contribution is 6.09. The van der Waals surface area contributed by atoms with E-state index >= 15 is 0 Å². The van der Waals surface area contributed by atoms with Crippen LogP contribution >= 0.6 is 0 Å². The number of methoxy groups -OCH3 is 1. The van der Waals surface area contributed by atoms with E-state index in [1.807, 2.05) is 41.6 Å². The molecule has 0 radical (unpaired) electrons. The molecule has 2 saturated heterocycles. The van der Waals surface area contributed by atoms with Crippen molar-refractivity contribution < 1.29 is 19.1 Å². The minimum atomic E-state index is -0.309. The summed E-state index contributed by atoms with van der Waals surface area (Å²) in [7, 11) is 5.38. The Morgan fingerprint density at radius 1 is 1.22 bits per heavy atom. The number of hydrogen-bond donors (Lipinski definition) is 0. The number of aromatic nitrogens is 1. The van der Waals surface area contributed by atoms with E-state index in [0.717, 1.165) is 22.3 Å². The molecule has 0 spiro atoms. The molecule has 0 saturated carbocycles. The first-order valence-corrected chi connectivity index (χ1v) is 9.19. The lowest BCUT2D eigenvalue weighted by Gasteiger charge is -2.29. The normalized spacial score (nSPS) is 22.9. The summed E-state index contributed by atoms with van der Waals surface area (Å²) in [4.78, 5) is 29.7. The lowest BCUT2D eigenvalue weighted by Crippen LogP contribution is -2.45. The Kier molecular flexibility index (Phi) is 4.34. The second-order valence-corrected chi connectivity index (χ2v) is 7.45. The van der Waals surface area contributed by atoms with Gasteiger partial charge in [0.15, 0.2) is 0 Å². The van der Waals surface area contributed by atoms with Crippen molar-refractivity contribution in [3.63, 3.8) is 0 Å². The van der Waals surface area contributed by atoms with Gasteiger partial charge in [0.25, 0.3) is 5.91 Å². The van der Waals surface area contributed by atoms with Crippen molar-refractivity contribution >= 4 is 22.7 Å². The van der Waals surface area contributed by atoms with Crippen LogP contribution in [-0.4, -0.2) is 72.7 Å². The molecule has 0 N–H and O–H groups in total. The lowest BCUT2D eigenvalue weighted by molar-refractivity contribution is -0.133. The zero-order valence-corrected chi connectivity index (χ0v) is 16.2. The number of benzene rings is 1. The fourth-order valence-electron chi connectivity index (χ4n) is 4.17. The molecule has 0 unspecified atom stereocenters. The van der Waals surface area contributed by atoms with Crippen LogP contribution in [0.5, 0.6) is 5.75 Å². The van der Waals surface area contributed by atoms with E-state index in [1.165, 1.54) is 0 Å². The van der Waals surface area contributed by atoms with Crippen molar-refractivity contribution in [1.82, 2.24) is 14.4 Å². The molecule has 2 amide bonds. The number of hydrogen-bond acceptors (Lipinski definition) is 4. The number of rotatable bonds is 2. The Morgan fingerprint density at radius 3 is 2.74 bits per heavy atom. The van der Waals surface area contributed by atoms with Crippen molar-refractivity contribution in [2.45, 2.75) is 13.0 Å². The molecule has 2 atom stereocenters. The fourth-order valence-corrected chi connectivity index (χ4v) is 4.17. The van der Waals surface area contributed by atoms with Crippen molar-refractivity contribution in [2.75, 3.05) is 40.5 Å². The molecule has 7 nitrogen and oxygen atoms in total. The SMILES string of the molecule is COc1ccc2c(c1)c(C(=O)N1C[C@@H]3COC[C@H](C1)N(C)C3=O)c(C)n2C. The van der Waals surface area contributed by atoms with Gasteiger partial charge in [0, 0.05) is 43.8 Å². The van der Waals surface area contributed by atoms with Crippen LogP contribution in [0.15, 0.2) is 18.2 Å². The Labute approximate surface area is 158 Å². The molecule has 3 heterocycles. The molecule has 7 heteroatoms. The van der Waals surface area contributed by atoms with Crippen LogP contribution in [0.1, 0.15) is 16.1 Å². The van der Waals surface area contributed by atoms with Gasteiger partial charge >= 0.3 is 0 Å². The molecule has 2 aromatic rings. The number of ether oxygens (including phenoxy) is 2. The highest BCUT2D eigenvalue weighted by Gasteiger charge is 2.39. The van der Waals surface area contributed by atoms with Crippen LogP contribution in [0.25, 0.3) is 10.9 Å². The fraction of sp³-hybridized carbons (Fsp3) is 0.500. The summed E-state index contributed by atoms with van der Waals surface area (Å²) >= 11 is 0. The van der Waals surface area contributed by atoms with Gasteiger partial charge < -0.3 is 23.8 Å². The van der Waals surface area contributed by atoms with Crippen molar-refractivity contribution in [1.29, 1.82) is 0 Å². The van der Waals surface area contributed by atoms with Crippen LogP contribution in [-0.2, 0) is 16.6 Å². The number of fused-ring (bicyclic) bond motifs is 4. The van der Waals surface area contributed by atoms with Gasteiger partial charge in [-0.25, -0.2) is 0 Å². The first-order valence-electron chi connectivity index (χ1n) is 9.19. The number of nitrogens with zero attached hydrogens (tertiary/aromatic N) is 3. The van der Waals surface area contributed by atoms with Crippen LogP contribution in [0.3, 0.4) is 0 Å². The molecular weight excluding hydrogens is 346 g/mol. The molecule has 2 aliphatic rings. The molecular formula is C20H25N3O4. The monoisotopic (exact) mass is 371 g/mol. The number of likely N-dealkylation sites (N-methyl/N-ethyl adjacent to an activating group) is 1. The molecule has 1 aromatic heterocycles. The molecule has 2 bridgehead atoms. The van der Waals surface area contributed by atoms with Crippen molar-refractivity contribution in [2.24, 2.45) is 13.0 Å². The molecule has 144 valence electrons. The molecule has 27 heavy (non-hydrogen) atoms. The van der Waals surface area contributed by atoms with E-state index in [2.05, 4.69) is 0 Å². The third kappa shape index (κ3) is 2.77. The molecule has 1 aromatic carbocycles. The minimum Gasteiger partial charge on any atom is -0.497 e. The van der Waals surface area contributed by atoms with Gasteiger partial charge in [-0.1, -0.05) is 0 Å². The van der Waals surface area contributed by atoms with Gasteiger partial charge in [0.2, 0.25) is 5.91 Å². The summed E-state index contributed by atoms with van der Waals surface area (Å²) in [6, 6.07) is 5.67. The van der Waals surface area contributed by atoms with Crippen LogP contribution in [0.4, 0.5) is 0 Å². The van der Waals surface area contributed by atoms with E-state index in [1.54, 1.807) is 19.1 Å². The topological polar surface area (TPSA) is 64.0 Å². The number of amides is 2. The number of aryl methyl sites for hydroxylation is 1. The molecule has 4 rings (SSSR count). The molecule has 2 aliphatic heterocycles. The van der Waals surface area contributed by atoms with Crippen LogP contribution < -0.4 is 4.74 Å². The van der Waals surface area contributed by atoms with Gasteiger partial charge in [0.05, 0.1) is 37.8 Å². The molecule has 0 aliphatic carbocycles. The first-order chi connectivity index (χ1) is 12.9. The maximum absolute atomic E-state index is 13.5. The van der Waals surface area contributed by atoms with E-state index in [4.69, 9.17) is 9.47 Å². The maximum atomic E-state index is 13.5. The number of carbonyl (C=O) groups excluding carboxylic acids is 2. The lowest BCUT2D eigenvalue weighted by atomic mass is 10.1. The van der Waals surface area contributed by atoms with Gasteiger partial charge in [-0.15, -0.1) is 0 Å². The number of carbonyl (C=O) groups is 2. The largest absolute Gasteiger partial charge is 0.497 e. The summed E-state index contributed by atoms with van der Waals surface area (Å²) in [5.41, 5.74) is 2.58. The van der Waals surface area contributed by atoms with E-state index in [-0.39, 0.29) is 23.8 Å². The van der Waals surface area contributed by atoms with E-state index < -0.39 is 0 Å². The zero-order chi connectivity index (χ0) is 19.3. The average Bonchev–Trinajstić information content (AvgIpc) is 2.73. The Morgan fingerprint density at radius 2 is 2.00 bits per heavy atom. The van der Waals surface area contributed by atoms with E-state index in [0.29, 0.717) is 31.9 Å². The van der Waals surface area contributed by atoms with Crippen LogP contribution in [0.2, 0.25) is 0 Å². The highest BCUT2D eigenvalue weighted by atomic mass is 16.5. The van der Waals surface area contributed by atoms with Gasteiger partial charge in [0.1, 0.15) is 5.75 Å². The van der Waals surface area contributed by atoms with Crippen LogP contribution in [0, 0.1) is 12.8 Å². The average molecular weight is 371 g/mol. The Bertz CT molecular complexity index is 920. The summed E-state index contributed by atoms with van der Waals surface area (Å²) < 4.78 is 13.0. The third-order valence-electron chi connectivity index (χ3n) is 5.95. The zero-order valence-electron chi connectivity index (χ0n) is 16.2. The Hall–Kier alpha value is -2.54. The van der Waals surface area contributed by atoms with Gasteiger partial charge in [-0.3, -0.25) is 9.59 Å². The second-order valence-electron chi connectivity index (χ2n) is 7.45. The van der Waals surface area contributed by atoms with Crippen molar-refractivity contribution in [3.05, 3.63) is 29.5 Å². The Balaban J connectivity index is 1.77. The summed E-state index contributed by atoms with van der Waals surface area (Å²) in [6.45, 7) is 3.66. The second kappa shape index (κ2) is 6.56. The summed E-state index contributed by atoms with van der Waals surface area (Å²) in [6.07, 6.45) is 0. The third-order valence-corrected chi connectivity index (χ3v) is 5.95. The van der Waals surface area contributed by atoms with E-state index in [9.17, 15) is 9.59 Å². The maximum Gasteiger partial charge on any atom is 0.256 e. The highest BCUT2D eigenvalue weighted by Crippen LogP contribution is 2.31. The minimum absolute atomic E-state index is 0.0358. The predicted octanol–water partition coefficient (Wildman–Crippen LogP) is 1.42. The predicted molar refractivity (Wildman–Crippen MR) is 101 cm³/mol. The van der Waals surface area contributed by atoms with Gasteiger partial charge in [-0.05, 0) is 25.1 Å². The quantitative estimate of drug-likeness (QED) is 0.801. The molecule has 2 fully saturated rings.